The molecule has 2 N–H and O–H groups in total. The van der Waals surface area contributed by atoms with Crippen LogP contribution in [0.3, 0.4) is 0 Å². The van der Waals surface area contributed by atoms with Crippen molar-refractivity contribution in [2.45, 2.75) is 0 Å². The van der Waals surface area contributed by atoms with Crippen LogP contribution in [0.4, 0.5) is 0 Å². The van der Waals surface area contributed by atoms with Crippen molar-refractivity contribution in [2.75, 3.05) is 28.4 Å². The SMILES string of the molecule is C=C1C=Cc2ccc(O/C=C/C(=O)O)cc2O1.COc1ccc(-c2ocnc2-c2cc(OC)c(OC)c(OC)c2)cc1O/C=C/C(=O)O. The van der Waals surface area contributed by atoms with Crippen LogP contribution in [-0.4, -0.2) is 55.6 Å². The minimum Gasteiger partial charge on any atom is -0.493 e. The first-order valence-electron chi connectivity index (χ1n) is 13.9. The summed E-state index contributed by atoms with van der Waals surface area (Å²) < 4.78 is 43.1. The number of carboxylic acid groups (broad SMARTS) is 2. The largest absolute Gasteiger partial charge is 0.493 e. The number of oxazole rings is 1. The molecule has 0 aliphatic carbocycles. The maximum Gasteiger partial charge on any atom is 0.331 e. The van der Waals surface area contributed by atoms with Gasteiger partial charge in [-0.05, 0) is 54.6 Å². The van der Waals surface area contributed by atoms with E-state index in [9.17, 15) is 9.59 Å². The molecule has 3 aromatic carbocycles. The summed E-state index contributed by atoms with van der Waals surface area (Å²) in [5.74, 6) is 2.11. The first kappa shape index (κ1) is 34.2. The van der Waals surface area contributed by atoms with Gasteiger partial charge in [-0.1, -0.05) is 6.58 Å². The van der Waals surface area contributed by atoms with Crippen LogP contribution in [0.1, 0.15) is 5.56 Å². The zero-order valence-electron chi connectivity index (χ0n) is 26.3. The summed E-state index contributed by atoms with van der Waals surface area (Å²) in [5.41, 5.74) is 2.78. The molecule has 0 saturated carbocycles. The molecule has 1 aliphatic rings. The van der Waals surface area contributed by atoms with Crippen molar-refractivity contribution in [2.24, 2.45) is 0 Å². The quantitative estimate of drug-likeness (QED) is 0.124. The van der Waals surface area contributed by atoms with Gasteiger partial charge in [-0.3, -0.25) is 0 Å². The Kier molecular flexibility index (Phi) is 11.5. The molecule has 0 fully saturated rings. The predicted molar refractivity (Wildman–Crippen MR) is 174 cm³/mol. The van der Waals surface area contributed by atoms with Gasteiger partial charge < -0.3 is 47.8 Å². The average Bonchev–Trinajstić information content (AvgIpc) is 3.57. The van der Waals surface area contributed by atoms with E-state index in [1.807, 2.05) is 12.1 Å². The zero-order valence-corrected chi connectivity index (χ0v) is 26.3. The highest BCUT2D eigenvalue weighted by molar-refractivity contribution is 5.81. The van der Waals surface area contributed by atoms with Gasteiger partial charge in [0.1, 0.15) is 23.0 Å². The number of ether oxygens (including phenoxy) is 7. The third-order valence-electron chi connectivity index (χ3n) is 6.43. The lowest BCUT2D eigenvalue weighted by atomic mass is 10.0. The van der Waals surface area contributed by atoms with E-state index in [4.69, 9.17) is 47.8 Å². The number of fused-ring (bicyclic) bond motifs is 1. The number of benzene rings is 3. The Morgan fingerprint density at radius 2 is 1.40 bits per heavy atom. The van der Waals surface area contributed by atoms with Gasteiger partial charge in [0.2, 0.25) is 5.75 Å². The van der Waals surface area contributed by atoms with Crippen LogP contribution in [0, 0.1) is 0 Å². The third kappa shape index (κ3) is 8.54. The monoisotopic (exact) mass is 657 g/mol. The highest BCUT2D eigenvalue weighted by atomic mass is 16.5. The molecule has 1 aliphatic heterocycles. The van der Waals surface area contributed by atoms with Gasteiger partial charge in [0.05, 0.1) is 53.1 Å². The number of allylic oxidation sites excluding steroid dienone is 1. The first-order valence-corrected chi connectivity index (χ1v) is 13.9. The fourth-order valence-electron chi connectivity index (χ4n) is 4.29. The second-order valence-corrected chi connectivity index (χ2v) is 9.43. The number of hydrogen-bond acceptors (Lipinski definition) is 11. The number of aliphatic carboxylic acids is 2. The van der Waals surface area contributed by atoms with Crippen LogP contribution in [0.2, 0.25) is 0 Å². The van der Waals surface area contributed by atoms with Crippen molar-refractivity contribution in [3.05, 3.63) is 104 Å². The fourth-order valence-corrected chi connectivity index (χ4v) is 4.29. The van der Waals surface area contributed by atoms with E-state index >= 15 is 0 Å². The summed E-state index contributed by atoms with van der Waals surface area (Å²) in [6.45, 7) is 3.69. The van der Waals surface area contributed by atoms with Gasteiger partial charge in [0.15, 0.2) is 35.2 Å². The number of methoxy groups -OCH3 is 4. The second-order valence-electron chi connectivity index (χ2n) is 9.43. The van der Waals surface area contributed by atoms with E-state index in [0.29, 0.717) is 68.6 Å². The van der Waals surface area contributed by atoms with Crippen LogP contribution in [0.25, 0.3) is 28.7 Å². The lowest BCUT2D eigenvalue weighted by Gasteiger charge is -2.14. The molecule has 0 atom stereocenters. The summed E-state index contributed by atoms with van der Waals surface area (Å²) >= 11 is 0. The Morgan fingerprint density at radius 1 is 0.750 bits per heavy atom. The van der Waals surface area contributed by atoms with Crippen molar-refractivity contribution in [1.29, 1.82) is 0 Å². The molecule has 13 nitrogen and oxygen atoms in total. The van der Waals surface area contributed by atoms with Crippen molar-refractivity contribution in [3.63, 3.8) is 0 Å². The van der Waals surface area contributed by atoms with Crippen molar-refractivity contribution < 1.29 is 57.4 Å². The van der Waals surface area contributed by atoms with Gasteiger partial charge in [-0.2, -0.15) is 0 Å². The molecule has 0 saturated heterocycles. The Morgan fingerprint density at radius 3 is 2.02 bits per heavy atom. The minimum atomic E-state index is -1.13. The number of aromatic nitrogens is 1. The number of carbonyl (C=O) groups is 2. The molecule has 0 unspecified atom stereocenters. The van der Waals surface area contributed by atoms with Crippen LogP contribution in [0.15, 0.2) is 102 Å². The zero-order chi connectivity index (χ0) is 34.6. The van der Waals surface area contributed by atoms with Gasteiger partial charge in [-0.25, -0.2) is 14.6 Å². The normalized spacial score (nSPS) is 11.6. The average molecular weight is 658 g/mol. The molecule has 13 heteroatoms. The Bertz CT molecular complexity index is 1860. The van der Waals surface area contributed by atoms with Crippen LogP contribution in [0.5, 0.6) is 40.2 Å². The third-order valence-corrected chi connectivity index (χ3v) is 6.43. The Balaban J connectivity index is 0.000000257. The molecule has 248 valence electrons. The van der Waals surface area contributed by atoms with Crippen LogP contribution < -0.4 is 33.2 Å². The molecule has 4 aromatic rings. The van der Waals surface area contributed by atoms with Crippen molar-refractivity contribution >= 4 is 18.0 Å². The maximum atomic E-state index is 10.7. The Labute approximate surface area is 275 Å². The molecule has 0 radical (unpaired) electrons. The topological polar surface area (TPSA) is 165 Å². The number of nitrogens with zero attached hydrogens (tertiary/aromatic N) is 1. The molecular weight excluding hydrogens is 626 g/mol. The van der Waals surface area contributed by atoms with Gasteiger partial charge in [0.25, 0.3) is 0 Å². The van der Waals surface area contributed by atoms with E-state index in [1.165, 1.54) is 34.8 Å². The predicted octanol–water partition coefficient (Wildman–Crippen LogP) is 6.60. The Hall–Kier alpha value is -6.63. The van der Waals surface area contributed by atoms with E-state index in [-0.39, 0.29) is 0 Å². The van der Waals surface area contributed by atoms with Gasteiger partial charge in [0, 0.05) is 22.8 Å². The summed E-state index contributed by atoms with van der Waals surface area (Å²) in [4.78, 5) is 25.3. The smallest absolute Gasteiger partial charge is 0.331 e. The number of hydrogen-bond donors (Lipinski definition) is 2. The highest BCUT2D eigenvalue weighted by Gasteiger charge is 2.20. The van der Waals surface area contributed by atoms with E-state index in [2.05, 4.69) is 11.6 Å². The standard InChI is InChI=1S/C22H21NO8.C13H10O4/c1-26-15-6-5-13(9-16(15)30-8-7-19(24)25)21-20(23-12-31-21)14-10-17(27-2)22(29-4)18(11-14)28-3;1-9-2-3-10-4-5-11(8-12(10)17-9)16-7-6-13(14)15/h5-12H,1-4H3,(H,24,25);2-8H,1H2,(H,14,15)/b8-7+;7-6+. The van der Waals surface area contributed by atoms with Gasteiger partial charge in [-0.15, -0.1) is 0 Å². The lowest BCUT2D eigenvalue weighted by molar-refractivity contribution is -0.132. The molecule has 48 heavy (non-hydrogen) atoms. The molecule has 0 amide bonds. The van der Waals surface area contributed by atoms with E-state index in [0.717, 1.165) is 30.2 Å². The molecule has 0 bridgehead atoms. The molecule has 2 heterocycles. The van der Waals surface area contributed by atoms with E-state index < -0.39 is 11.9 Å². The molecule has 0 spiro atoms. The molecule has 1 aromatic heterocycles. The molecule has 5 rings (SSSR count). The summed E-state index contributed by atoms with van der Waals surface area (Å²) in [6.07, 6.45) is 8.94. The first-order chi connectivity index (χ1) is 23.2. The minimum absolute atomic E-state index is 0.310. The second kappa shape index (κ2) is 16.1. The van der Waals surface area contributed by atoms with Crippen LogP contribution >= 0.6 is 0 Å². The number of rotatable bonds is 12. The van der Waals surface area contributed by atoms with Crippen LogP contribution in [-0.2, 0) is 9.59 Å². The van der Waals surface area contributed by atoms with Crippen molar-refractivity contribution in [1.82, 2.24) is 4.98 Å². The molecular formula is C35H31NO12. The van der Waals surface area contributed by atoms with Gasteiger partial charge >= 0.3 is 11.9 Å². The summed E-state index contributed by atoms with van der Waals surface area (Å²) in [6, 6.07) is 13.9. The number of carboxylic acids is 2. The maximum absolute atomic E-state index is 10.7. The highest BCUT2D eigenvalue weighted by Crippen LogP contribution is 2.43. The lowest BCUT2D eigenvalue weighted by Crippen LogP contribution is -1.98. The summed E-state index contributed by atoms with van der Waals surface area (Å²) in [7, 11) is 6.07. The fraction of sp³-hybridized carbons (Fsp3) is 0.114. The van der Waals surface area contributed by atoms with E-state index in [1.54, 1.807) is 48.5 Å². The summed E-state index contributed by atoms with van der Waals surface area (Å²) in [5, 5.41) is 17.2. The van der Waals surface area contributed by atoms with Crippen molar-refractivity contribution in [3.8, 4) is 62.8 Å².